The van der Waals surface area contributed by atoms with Crippen molar-refractivity contribution in [3.05, 3.63) is 63.6 Å². The zero-order valence-electron chi connectivity index (χ0n) is 10.5. The first-order chi connectivity index (χ1) is 9.09. The van der Waals surface area contributed by atoms with Gasteiger partial charge >= 0.3 is 0 Å². The average Bonchev–Trinajstić information content (AvgIpc) is 2.38. The molecule has 0 fully saturated rings. The molecule has 2 N–H and O–H groups in total. The minimum Gasteiger partial charge on any atom is -0.488 e. The second-order valence-corrected chi connectivity index (χ2v) is 5.49. The second kappa shape index (κ2) is 6.17. The number of rotatable bonds is 4. The van der Waals surface area contributed by atoms with Crippen LogP contribution in [0.4, 0.5) is 0 Å². The van der Waals surface area contributed by atoms with E-state index in [-0.39, 0.29) is 0 Å². The first kappa shape index (κ1) is 14.0. The number of nitrogens with two attached hydrogens (primary N) is 1. The Balaban J connectivity index is 2.25. The summed E-state index contributed by atoms with van der Waals surface area (Å²) in [6.07, 6.45) is 0. The monoisotopic (exact) mass is 335 g/mol. The minimum absolute atomic E-state index is 0.353. The third-order valence-corrected chi connectivity index (χ3v) is 3.80. The van der Waals surface area contributed by atoms with E-state index in [9.17, 15) is 0 Å². The lowest BCUT2D eigenvalue weighted by atomic mass is 10.1. The highest BCUT2D eigenvalue weighted by Gasteiger charge is 2.10. The summed E-state index contributed by atoms with van der Waals surface area (Å²) in [5.41, 5.74) is 8.61. The molecule has 0 bridgehead atoms. The molecular formula is C15H14BrNOS. The van der Waals surface area contributed by atoms with Crippen LogP contribution in [-0.2, 0) is 6.61 Å². The van der Waals surface area contributed by atoms with E-state index in [1.807, 2.05) is 49.4 Å². The summed E-state index contributed by atoms with van der Waals surface area (Å²) in [6.45, 7) is 2.46. The van der Waals surface area contributed by atoms with Crippen LogP contribution in [0.15, 0.2) is 46.9 Å². The van der Waals surface area contributed by atoms with Crippen LogP contribution in [0.1, 0.15) is 16.7 Å². The van der Waals surface area contributed by atoms with Gasteiger partial charge in [-0.2, -0.15) is 0 Å². The van der Waals surface area contributed by atoms with E-state index in [4.69, 9.17) is 22.7 Å². The number of halogens is 1. The summed E-state index contributed by atoms with van der Waals surface area (Å²) in [4.78, 5) is 0.353. The number of hydrogen-bond donors (Lipinski definition) is 1. The molecule has 0 saturated carbocycles. The van der Waals surface area contributed by atoms with Crippen molar-refractivity contribution in [1.29, 1.82) is 0 Å². The Morgan fingerprint density at radius 3 is 2.63 bits per heavy atom. The molecule has 19 heavy (non-hydrogen) atoms. The van der Waals surface area contributed by atoms with Crippen molar-refractivity contribution >= 4 is 33.1 Å². The number of thiocarbonyl (C=S) groups is 1. The molecule has 0 amide bonds. The molecule has 2 nitrogen and oxygen atoms in total. The molecule has 2 aromatic carbocycles. The van der Waals surface area contributed by atoms with Gasteiger partial charge in [0.05, 0.1) is 5.56 Å². The van der Waals surface area contributed by atoms with Gasteiger partial charge in [0.2, 0.25) is 0 Å². The average molecular weight is 336 g/mol. The van der Waals surface area contributed by atoms with Crippen LogP contribution in [0, 0.1) is 6.92 Å². The number of aryl methyl sites for hydroxylation is 1. The van der Waals surface area contributed by atoms with E-state index in [2.05, 4.69) is 15.9 Å². The van der Waals surface area contributed by atoms with Crippen LogP contribution in [0.2, 0.25) is 0 Å². The maximum absolute atomic E-state index is 5.90. The first-order valence-electron chi connectivity index (χ1n) is 5.85. The molecule has 0 spiro atoms. The summed E-state index contributed by atoms with van der Waals surface area (Å²) < 4.78 is 6.93. The van der Waals surface area contributed by atoms with Crippen LogP contribution in [0.3, 0.4) is 0 Å². The Bertz CT molecular complexity index is 613. The van der Waals surface area contributed by atoms with Gasteiger partial charge in [-0.3, -0.25) is 0 Å². The maximum atomic E-state index is 5.90. The first-order valence-corrected chi connectivity index (χ1v) is 7.05. The van der Waals surface area contributed by atoms with Crippen molar-refractivity contribution in [3.8, 4) is 5.75 Å². The molecule has 0 aliphatic heterocycles. The lowest BCUT2D eigenvalue weighted by Gasteiger charge is -2.14. The Labute approximate surface area is 126 Å². The van der Waals surface area contributed by atoms with E-state index < -0.39 is 0 Å². The van der Waals surface area contributed by atoms with Gasteiger partial charge in [-0.1, -0.05) is 58.5 Å². The van der Waals surface area contributed by atoms with E-state index in [1.165, 1.54) is 0 Å². The van der Waals surface area contributed by atoms with Gasteiger partial charge in [0.25, 0.3) is 0 Å². The molecule has 0 radical (unpaired) electrons. The van der Waals surface area contributed by atoms with Crippen molar-refractivity contribution in [3.63, 3.8) is 0 Å². The molecule has 0 saturated heterocycles. The molecule has 2 aromatic rings. The lowest BCUT2D eigenvalue weighted by molar-refractivity contribution is 0.303. The molecular weight excluding hydrogens is 322 g/mol. The topological polar surface area (TPSA) is 35.2 Å². The predicted molar refractivity (Wildman–Crippen MR) is 85.5 cm³/mol. The quantitative estimate of drug-likeness (QED) is 0.858. The fourth-order valence-electron chi connectivity index (χ4n) is 1.80. The van der Waals surface area contributed by atoms with Crippen LogP contribution >= 0.6 is 28.1 Å². The molecule has 98 valence electrons. The molecule has 0 unspecified atom stereocenters. The number of hydrogen-bond acceptors (Lipinski definition) is 2. The van der Waals surface area contributed by atoms with E-state index in [1.54, 1.807) is 0 Å². The van der Waals surface area contributed by atoms with Crippen LogP contribution in [0.5, 0.6) is 5.75 Å². The summed E-state index contributed by atoms with van der Waals surface area (Å²) in [6, 6.07) is 13.8. The molecule has 0 aliphatic carbocycles. The van der Waals surface area contributed by atoms with Gasteiger partial charge in [0.15, 0.2) is 0 Å². The van der Waals surface area contributed by atoms with Gasteiger partial charge in [0.1, 0.15) is 17.3 Å². The highest BCUT2D eigenvalue weighted by atomic mass is 79.9. The van der Waals surface area contributed by atoms with Crippen LogP contribution in [0.25, 0.3) is 0 Å². The SMILES string of the molecule is Cc1cccc(C(N)=S)c1OCc1ccccc1Br. The summed E-state index contributed by atoms with van der Waals surface area (Å²) in [7, 11) is 0. The molecule has 0 aromatic heterocycles. The largest absolute Gasteiger partial charge is 0.488 e. The van der Waals surface area contributed by atoms with Crippen molar-refractivity contribution in [2.75, 3.05) is 0 Å². The van der Waals surface area contributed by atoms with Gasteiger partial charge < -0.3 is 10.5 Å². The van der Waals surface area contributed by atoms with Crippen molar-refractivity contribution in [1.82, 2.24) is 0 Å². The lowest BCUT2D eigenvalue weighted by Crippen LogP contribution is -2.12. The molecule has 2 rings (SSSR count). The third-order valence-electron chi connectivity index (χ3n) is 2.81. The highest BCUT2D eigenvalue weighted by molar-refractivity contribution is 9.10. The number of benzene rings is 2. The van der Waals surface area contributed by atoms with Crippen molar-refractivity contribution in [2.24, 2.45) is 5.73 Å². The zero-order valence-corrected chi connectivity index (χ0v) is 12.9. The predicted octanol–water partition coefficient (Wildman–Crippen LogP) is 3.97. The smallest absolute Gasteiger partial charge is 0.132 e. The van der Waals surface area contributed by atoms with E-state index in [0.29, 0.717) is 11.6 Å². The highest BCUT2D eigenvalue weighted by Crippen LogP contribution is 2.25. The molecule has 0 atom stereocenters. The van der Waals surface area contributed by atoms with E-state index in [0.717, 1.165) is 26.9 Å². The van der Waals surface area contributed by atoms with Gasteiger partial charge in [-0.05, 0) is 24.6 Å². The molecule has 0 heterocycles. The Kier molecular flexibility index (Phi) is 4.56. The van der Waals surface area contributed by atoms with Crippen LogP contribution in [-0.4, -0.2) is 4.99 Å². The summed E-state index contributed by atoms with van der Waals surface area (Å²) >= 11 is 8.56. The van der Waals surface area contributed by atoms with Gasteiger partial charge in [-0.15, -0.1) is 0 Å². The Morgan fingerprint density at radius 1 is 1.21 bits per heavy atom. The van der Waals surface area contributed by atoms with Crippen molar-refractivity contribution < 1.29 is 4.74 Å². The second-order valence-electron chi connectivity index (χ2n) is 4.20. The van der Waals surface area contributed by atoms with Gasteiger partial charge in [0, 0.05) is 10.0 Å². The van der Waals surface area contributed by atoms with Gasteiger partial charge in [-0.25, -0.2) is 0 Å². The van der Waals surface area contributed by atoms with Crippen LogP contribution < -0.4 is 10.5 Å². The maximum Gasteiger partial charge on any atom is 0.132 e. The number of para-hydroxylation sites is 1. The minimum atomic E-state index is 0.353. The Morgan fingerprint density at radius 2 is 1.95 bits per heavy atom. The molecule has 0 aliphatic rings. The van der Waals surface area contributed by atoms with E-state index >= 15 is 0 Å². The Hall–Kier alpha value is -1.39. The fourth-order valence-corrected chi connectivity index (χ4v) is 2.36. The summed E-state index contributed by atoms with van der Waals surface area (Å²) in [5.74, 6) is 0.755. The number of ether oxygens (including phenoxy) is 1. The zero-order chi connectivity index (χ0) is 13.8. The molecule has 4 heteroatoms. The third kappa shape index (κ3) is 3.33. The fraction of sp³-hybridized carbons (Fsp3) is 0.133. The standard InChI is InChI=1S/C15H14BrNOS/c1-10-5-4-7-12(15(17)19)14(10)18-9-11-6-2-3-8-13(11)16/h2-8H,9H2,1H3,(H2,17,19). The summed E-state index contributed by atoms with van der Waals surface area (Å²) in [5, 5.41) is 0. The normalized spacial score (nSPS) is 10.2. The van der Waals surface area contributed by atoms with Crippen molar-refractivity contribution in [2.45, 2.75) is 13.5 Å².